The monoisotopic (exact) mass is 369 g/mol. The third kappa shape index (κ3) is 5.85. The van der Waals surface area contributed by atoms with Gasteiger partial charge in [-0.25, -0.2) is 4.98 Å². The lowest BCUT2D eigenvalue weighted by Gasteiger charge is -2.25. The minimum absolute atomic E-state index is 0.0765. The number of hydrogen-bond acceptors (Lipinski definition) is 6. The van der Waals surface area contributed by atoms with Gasteiger partial charge in [0.2, 0.25) is 5.82 Å². The van der Waals surface area contributed by atoms with Gasteiger partial charge in [0.05, 0.1) is 15.9 Å². The summed E-state index contributed by atoms with van der Waals surface area (Å²) in [4.78, 5) is 27.1. The zero-order valence-corrected chi connectivity index (χ0v) is 15.5. The highest BCUT2D eigenvalue weighted by Crippen LogP contribution is 2.31. The molecule has 1 aromatic heterocycles. The van der Waals surface area contributed by atoms with Crippen LogP contribution in [0.3, 0.4) is 0 Å². The van der Waals surface area contributed by atoms with E-state index in [1.807, 2.05) is 20.8 Å². The van der Waals surface area contributed by atoms with Crippen molar-refractivity contribution < 1.29 is 14.5 Å². The van der Waals surface area contributed by atoms with E-state index in [2.05, 4.69) is 10.3 Å². The maximum absolute atomic E-state index is 12.4. The number of ether oxygens (including phenoxy) is 1. The van der Waals surface area contributed by atoms with Crippen molar-refractivity contribution in [3.05, 3.63) is 27.4 Å². The number of nitro groups is 1. The number of carbonyl (C=O) groups excluding carboxylic acids is 1. The fourth-order valence-electron chi connectivity index (χ4n) is 2.96. The maximum Gasteiger partial charge on any atom is 0.312 e. The summed E-state index contributed by atoms with van der Waals surface area (Å²) in [6.07, 6.45) is 5.40. The summed E-state index contributed by atoms with van der Waals surface area (Å²) in [5.74, 6) is -0.241. The van der Waals surface area contributed by atoms with Crippen LogP contribution >= 0.6 is 11.6 Å². The highest BCUT2D eigenvalue weighted by atomic mass is 35.5. The van der Waals surface area contributed by atoms with Crippen LogP contribution in [0.1, 0.15) is 52.9 Å². The molecule has 1 aromatic rings. The number of pyridine rings is 1. The Balaban J connectivity index is 2.11. The molecule has 2 rings (SSSR count). The molecular formula is C17H24ClN3O4. The second kappa shape index (κ2) is 7.99. The summed E-state index contributed by atoms with van der Waals surface area (Å²) in [6, 6.07) is 1.20. The average molecular weight is 370 g/mol. The van der Waals surface area contributed by atoms with E-state index in [1.54, 1.807) is 0 Å². The first-order valence-electron chi connectivity index (χ1n) is 8.45. The molecule has 1 saturated carbocycles. The summed E-state index contributed by atoms with van der Waals surface area (Å²) in [7, 11) is 0. The lowest BCUT2D eigenvalue weighted by atomic mass is 9.97. The second-order valence-corrected chi connectivity index (χ2v) is 7.81. The van der Waals surface area contributed by atoms with E-state index in [4.69, 9.17) is 16.3 Å². The Labute approximate surface area is 152 Å². The highest BCUT2D eigenvalue weighted by molar-refractivity contribution is 6.30. The average Bonchev–Trinajstić information content (AvgIpc) is 2.73. The van der Waals surface area contributed by atoms with Crippen LogP contribution in [-0.4, -0.2) is 27.5 Å². The Hall–Kier alpha value is -1.89. The predicted molar refractivity (Wildman–Crippen MR) is 95.7 cm³/mol. The molecule has 138 valence electrons. The maximum atomic E-state index is 12.4. The third-order valence-corrected chi connectivity index (χ3v) is 4.24. The van der Waals surface area contributed by atoms with Crippen LogP contribution in [0.4, 0.5) is 11.5 Å². The molecule has 7 nitrogen and oxygen atoms in total. The number of nitrogens with zero attached hydrogens (tertiary/aromatic N) is 2. The molecule has 0 aromatic carbocycles. The number of rotatable bonds is 4. The molecule has 1 aliphatic rings. The fourth-order valence-corrected chi connectivity index (χ4v) is 3.12. The molecule has 0 aliphatic heterocycles. The molecule has 25 heavy (non-hydrogen) atoms. The van der Waals surface area contributed by atoms with Gasteiger partial charge in [0.15, 0.2) is 0 Å². The van der Waals surface area contributed by atoms with Gasteiger partial charge in [-0.15, -0.1) is 0 Å². The van der Waals surface area contributed by atoms with E-state index in [-0.39, 0.29) is 34.5 Å². The molecule has 1 aliphatic carbocycles. The van der Waals surface area contributed by atoms with Crippen molar-refractivity contribution in [2.75, 3.05) is 5.32 Å². The Morgan fingerprint density at radius 2 is 2.08 bits per heavy atom. The Morgan fingerprint density at radius 3 is 2.72 bits per heavy atom. The molecule has 1 heterocycles. The van der Waals surface area contributed by atoms with Gasteiger partial charge in [0.1, 0.15) is 5.60 Å². The third-order valence-electron chi connectivity index (χ3n) is 4.04. The van der Waals surface area contributed by atoms with Crippen LogP contribution < -0.4 is 5.32 Å². The molecule has 1 fully saturated rings. The lowest BCUT2D eigenvalue weighted by Crippen LogP contribution is -2.31. The minimum Gasteiger partial charge on any atom is -0.460 e. The quantitative estimate of drug-likeness (QED) is 0.367. The van der Waals surface area contributed by atoms with E-state index in [1.165, 1.54) is 12.3 Å². The largest absolute Gasteiger partial charge is 0.460 e. The van der Waals surface area contributed by atoms with Gasteiger partial charge in [-0.2, -0.15) is 0 Å². The molecule has 1 N–H and O–H groups in total. The van der Waals surface area contributed by atoms with Crippen LogP contribution in [0.5, 0.6) is 0 Å². The molecule has 0 unspecified atom stereocenters. The van der Waals surface area contributed by atoms with Gasteiger partial charge in [-0.3, -0.25) is 14.9 Å². The van der Waals surface area contributed by atoms with Crippen LogP contribution in [-0.2, 0) is 9.53 Å². The van der Waals surface area contributed by atoms with Gasteiger partial charge >= 0.3 is 11.7 Å². The first kappa shape index (κ1) is 19.4. The smallest absolute Gasteiger partial charge is 0.312 e. The van der Waals surface area contributed by atoms with Crippen molar-refractivity contribution in [1.82, 2.24) is 4.98 Å². The first-order valence-corrected chi connectivity index (χ1v) is 8.83. The molecular weight excluding hydrogens is 346 g/mol. The van der Waals surface area contributed by atoms with Crippen LogP contribution in [0.2, 0.25) is 5.02 Å². The van der Waals surface area contributed by atoms with Crippen molar-refractivity contribution in [2.45, 2.75) is 64.5 Å². The van der Waals surface area contributed by atoms with Crippen molar-refractivity contribution in [2.24, 2.45) is 5.92 Å². The zero-order valence-electron chi connectivity index (χ0n) is 14.8. The number of hydrogen-bond donors (Lipinski definition) is 1. The van der Waals surface area contributed by atoms with E-state index in [0.717, 1.165) is 25.7 Å². The minimum atomic E-state index is -0.525. The van der Waals surface area contributed by atoms with Crippen molar-refractivity contribution in [3.63, 3.8) is 0 Å². The molecule has 0 spiro atoms. The van der Waals surface area contributed by atoms with E-state index in [9.17, 15) is 14.9 Å². The Bertz CT molecular complexity index is 645. The zero-order chi connectivity index (χ0) is 18.6. The summed E-state index contributed by atoms with van der Waals surface area (Å²) >= 11 is 5.80. The lowest BCUT2D eigenvalue weighted by molar-refractivity contribution is -0.384. The number of aromatic nitrogens is 1. The van der Waals surface area contributed by atoms with E-state index >= 15 is 0 Å². The molecule has 0 bridgehead atoms. The Morgan fingerprint density at radius 1 is 1.40 bits per heavy atom. The highest BCUT2D eigenvalue weighted by Gasteiger charge is 2.30. The normalized spacial score (nSPS) is 21.3. The molecule has 0 radical (unpaired) electrons. The van der Waals surface area contributed by atoms with Crippen molar-refractivity contribution >= 4 is 29.1 Å². The number of esters is 1. The van der Waals surface area contributed by atoms with Crippen LogP contribution in [0, 0.1) is 16.0 Å². The molecule has 0 amide bonds. The standard InChI is InChI=1S/C17H24ClN3O4/c1-17(2,3)25-16(22)11-6-4-5-7-13(8-11)20-15-14(21(23)24)9-12(18)10-19-15/h9-11,13H,4-8H2,1-3H3,(H,19,20)/t11-,13-/m0/s1. The number of carbonyl (C=O) groups is 1. The fraction of sp³-hybridized carbons (Fsp3) is 0.647. The van der Waals surface area contributed by atoms with Crippen LogP contribution in [0.15, 0.2) is 12.3 Å². The summed E-state index contributed by atoms with van der Waals surface area (Å²) in [6.45, 7) is 5.54. The topological polar surface area (TPSA) is 94.4 Å². The molecule has 2 atom stereocenters. The van der Waals surface area contributed by atoms with Crippen LogP contribution in [0.25, 0.3) is 0 Å². The number of anilines is 1. The van der Waals surface area contributed by atoms with Gasteiger partial charge in [-0.05, 0) is 40.0 Å². The van der Waals surface area contributed by atoms with Crippen molar-refractivity contribution in [1.29, 1.82) is 0 Å². The van der Waals surface area contributed by atoms with Crippen molar-refractivity contribution in [3.8, 4) is 0 Å². The SMILES string of the molecule is CC(C)(C)OC(=O)[C@H]1CCCC[C@H](Nc2ncc(Cl)cc2[N+](=O)[O-])C1. The van der Waals surface area contributed by atoms with Gasteiger partial charge in [0.25, 0.3) is 0 Å². The summed E-state index contributed by atoms with van der Waals surface area (Å²) < 4.78 is 5.50. The van der Waals surface area contributed by atoms with E-state index < -0.39 is 10.5 Å². The van der Waals surface area contributed by atoms with Gasteiger partial charge in [-0.1, -0.05) is 24.4 Å². The number of nitrogens with one attached hydrogen (secondary N) is 1. The summed E-state index contributed by atoms with van der Waals surface area (Å²) in [5.41, 5.74) is -0.686. The Kier molecular flexibility index (Phi) is 6.21. The molecule has 0 saturated heterocycles. The van der Waals surface area contributed by atoms with E-state index in [0.29, 0.717) is 6.42 Å². The van der Waals surface area contributed by atoms with Gasteiger partial charge < -0.3 is 10.1 Å². The first-order chi connectivity index (χ1) is 11.7. The second-order valence-electron chi connectivity index (χ2n) is 7.37. The predicted octanol–water partition coefficient (Wildman–Crippen LogP) is 4.35. The summed E-state index contributed by atoms with van der Waals surface area (Å²) in [5, 5.41) is 14.5. The number of halogens is 1. The molecule has 8 heteroatoms. The van der Waals surface area contributed by atoms with Gasteiger partial charge in [0, 0.05) is 18.3 Å².